The number of hydrogen-bond donors (Lipinski definition) is 3. The third kappa shape index (κ3) is 5.13. The Labute approximate surface area is 279 Å². The van der Waals surface area contributed by atoms with Crippen LogP contribution in [0.1, 0.15) is 93.9 Å². The van der Waals surface area contributed by atoms with Gasteiger partial charge in [-0.3, -0.25) is 9.59 Å². The van der Waals surface area contributed by atoms with E-state index in [0.717, 1.165) is 32.8 Å². The standard InChI is InChI=1S/C37H58O10/c1-21(2)22(3)32(5)14-15-34(7)24-10-11-27-33(6)18-45-19-36(27,25(24)12-13-35(34,8)28(32)30(40)41)16-26(47-23(4)39)29(33)46-20-37(43,17-38)31(42)44-9/h12,21-22,24,26-29,38,43H,10-11,13-20H2,1-9H3,(H,40,41)/t22-,24+,26-,27+,28-,29+,32-,33+,34-,35+,36+,37?/m1/s1. The van der Waals surface area contributed by atoms with Gasteiger partial charge in [-0.25, -0.2) is 4.79 Å². The number of methoxy groups -OCH3 is 1. The molecule has 1 heterocycles. The number of aliphatic hydroxyl groups excluding tert-OH is 1. The number of rotatable bonds is 9. The molecule has 0 amide bonds. The predicted octanol–water partition coefficient (Wildman–Crippen LogP) is 4.79. The molecule has 4 aliphatic carbocycles. The quantitative estimate of drug-likeness (QED) is 0.233. The number of hydrogen-bond acceptors (Lipinski definition) is 9. The van der Waals surface area contributed by atoms with Gasteiger partial charge < -0.3 is 34.3 Å². The average molecular weight is 663 g/mol. The summed E-state index contributed by atoms with van der Waals surface area (Å²) in [6, 6.07) is 0. The smallest absolute Gasteiger partial charge is 0.342 e. The summed E-state index contributed by atoms with van der Waals surface area (Å²) in [6.45, 7) is 16.2. The molecule has 2 bridgehead atoms. The average Bonchev–Trinajstić information content (AvgIpc) is 2.99. The van der Waals surface area contributed by atoms with Crippen LogP contribution in [0.15, 0.2) is 11.6 Å². The zero-order valence-corrected chi connectivity index (χ0v) is 29.9. The molecule has 1 aliphatic heterocycles. The molecule has 10 nitrogen and oxygen atoms in total. The minimum Gasteiger partial charge on any atom is -0.481 e. The van der Waals surface area contributed by atoms with Gasteiger partial charge in [0.1, 0.15) is 12.2 Å². The highest BCUT2D eigenvalue weighted by molar-refractivity contribution is 5.79. The van der Waals surface area contributed by atoms with E-state index in [1.165, 1.54) is 12.5 Å². The second kappa shape index (κ2) is 12.1. The molecule has 4 fully saturated rings. The molecule has 5 rings (SSSR count). The number of aliphatic carboxylic acids is 1. The van der Waals surface area contributed by atoms with E-state index in [2.05, 4.69) is 54.5 Å². The van der Waals surface area contributed by atoms with Crippen LogP contribution in [0.25, 0.3) is 0 Å². The predicted molar refractivity (Wildman–Crippen MR) is 173 cm³/mol. The molecule has 266 valence electrons. The summed E-state index contributed by atoms with van der Waals surface area (Å²) in [6.07, 6.45) is 5.59. The van der Waals surface area contributed by atoms with E-state index in [-0.39, 0.29) is 28.6 Å². The minimum atomic E-state index is -2.26. The molecule has 3 N–H and O–H groups in total. The van der Waals surface area contributed by atoms with Gasteiger partial charge in [0, 0.05) is 17.8 Å². The Hall–Kier alpha value is -2.01. The highest BCUT2D eigenvalue weighted by Crippen LogP contribution is 2.75. The van der Waals surface area contributed by atoms with Gasteiger partial charge in [0.25, 0.3) is 0 Å². The van der Waals surface area contributed by atoms with Crippen molar-refractivity contribution in [1.29, 1.82) is 0 Å². The summed E-state index contributed by atoms with van der Waals surface area (Å²) in [5.74, 6) is -1.79. The Bertz CT molecular complexity index is 1300. The normalized spacial score (nSPS) is 44.5. The van der Waals surface area contributed by atoms with Crippen LogP contribution in [0.4, 0.5) is 0 Å². The van der Waals surface area contributed by atoms with Crippen LogP contribution in [0, 0.1) is 56.7 Å². The fourth-order valence-corrected chi connectivity index (χ4v) is 11.8. The lowest BCUT2D eigenvalue weighted by Crippen LogP contribution is -2.70. The number of allylic oxidation sites excluding steroid dienone is 1. The van der Waals surface area contributed by atoms with E-state index in [4.69, 9.17) is 18.9 Å². The first kappa shape index (κ1) is 36.3. The van der Waals surface area contributed by atoms with Crippen LogP contribution in [0.2, 0.25) is 0 Å². The summed E-state index contributed by atoms with van der Waals surface area (Å²) >= 11 is 0. The van der Waals surface area contributed by atoms with Crippen LogP contribution in [0.5, 0.6) is 0 Å². The molecule has 0 aromatic rings. The Morgan fingerprint density at radius 3 is 2.32 bits per heavy atom. The number of carbonyl (C=O) groups is 3. The fourth-order valence-electron chi connectivity index (χ4n) is 11.8. The van der Waals surface area contributed by atoms with Crippen LogP contribution < -0.4 is 0 Å². The van der Waals surface area contributed by atoms with Gasteiger partial charge in [-0.15, -0.1) is 0 Å². The van der Waals surface area contributed by atoms with Crippen molar-refractivity contribution < 1.29 is 48.7 Å². The number of fused-ring (bicyclic) bond motifs is 3. The van der Waals surface area contributed by atoms with E-state index in [9.17, 15) is 29.7 Å². The number of esters is 2. The van der Waals surface area contributed by atoms with Crippen molar-refractivity contribution in [3.05, 3.63) is 11.6 Å². The van der Waals surface area contributed by atoms with Crippen molar-refractivity contribution >= 4 is 17.9 Å². The summed E-state index contributed by atoms with van der Waals surface area (Å²) in [7, 11) is 1.13. The molecule has 5 aliphatic rings. The van der Waals surface area contributed by atoms with Gasteiger partial charge in [-0.2, -0.15) is 0 Å². The second-order valence-corrected chi connectivity index (χ2v) is 17.1. The number of carbonyl (C=O) groups excluding carboxylic acids is 2. The van der Waals surface area contributed by atoms with Gasteiger partial charge >= 0.3 is 17.9 Å². The molecule has 10 heteroatoms. The Kier molecular flexibility index (Phi) is 9.33. The van der Waals surface area contributed by atoms with Gasteiger partial charge in [-0.05, 0) is 78.4 Å². The molecule has 0 spiro atoms. The van der Waals surface area contributed by atoms with Crippen molar-refractivity contribution in [2.75, 3.05) is 33.5 Å². The molecule has 47 heavy (non-hydrogen) atoms. The highest BCUT2D eigenvalue weighted by atomic mass is 16.6. The first-order valence-corrected chi connectivity index (χ1v) is 17.5. The Morgan fingerprint density at radius 2 is 1.74 bits per heavy atom. The minimum absolute atomic E-state index is 0.0986. The number of carboxylic acid groups (broad SMARTS) is 1. The maximum absolute atomic E-state index is 13.3. The summed E-state index contributed by atoms with van der Waals surface area (Å²) in [5.41, 5.74) is -3.09. The molecule has 12 atom stereocenters. The largest absolute Gasteiger partial charge is 0.481 e. The van der Waals surface area contributed by atoms with Crippen molar-refractivity contribution in [3.63, 3.8) is 0 Å². The summed E-state index contributed by atoms with van der Waals surface area (Å²) in [4.78, 5) is 38.2. The molecule has 3 saturated carbocycles. The van der Waals surface area contributed by atoms with Crippen molar-refractivity contribution in [2.45, 2.75) is 112 Å². The van der Waals surface area contributed by atoms with Gasteiger partial charge in [0.15, 0.2) is 0 Å². The second-order valence-electron chi connectivity index (χ2n) is 17.1. The first-order chi connectivity index (χ1) is 21.8. The third-order valence-electron chi connectivity index (χ3n) is 14.7. The van der Waals surface area contributed by atoms with Crippen LogP contribution in [-0.2, 0) is 33.3 Å². The lowest BCUT2D eigenvalue weighted by Gasteiger charge is -2.71. The van der Waals surface area contributed by atoms with E-state index in [1.54, 1.807) is 0 Å². The van der Waals surface area contributed by atoms with Gasteiger partial charge in [0.2, 0.25) is 5.60 Å². The maximum Gasteiger partial charge on any atom is 0.342 e. The molecule has 0 radical (unpaired) electrons. The lowest BCUT2D eigenvalue weighted by atomic mass is 9.34. The molecular weight excluding hydrogens is 604 g/mol. The maximum atomic E-state index is 13.3. The summed E-state index contributed by atoms with van der Waals surface area (Å²) in [5, 5.41) is 31.7. The van der Waals surface area contributed by atoms with Crippen LogP contribution >= 0.6 is 0 Å². The van der Waals surface area contributed by atoms with Crippen molar-refractivity contribution in [2.24, 2.45) is 56.7 Å². The van der Waals surface area contributed by atoms with E-state index in [1.807, 2.05) is 0 Å². The zero-order valence-electron chi connectivity index (χ0n) is 29.9. The Morgan fingerprint density at radius 1 is 1.06 bits per heavy atom. The fraction of sp³-hybridized carbons (Fsp3) is 0.865. The van der Waals surface area contributed by atoms with Crippen LogP contribution in [-0.4, -0.2) is 84.6 Å². The zero-order chi connectivity index (χ0) is 35.0. The topological polar surface area (TPSA) is 149 Å². The van der Waals surface area contributed by atoms with Gasteiger partial charge in [-0.1, -0.05) is 60.1 Å². The Balaban J connectivity index is 1.57. The van der Waals surface area contributed by atoms with E-state index in [0.29, 0.717) is 32.0 Å². The first-order valence-electron chi connectivity index (χ1n) is 17.5. The van der Waals surface area contributed by atoms with E-state index < -0.39 is 71.1 Å². The molecule has 1 unspecified atom stereocenters. The molecule has 0 aromatic heterocycles. The highest BCUT2D eigenvalue weighted by Gasteiger charge is 2.72. The van der Waals surface area contributed by atoms with Crippen molar-refractivity contribution in [3.8, 4) is 0 Å². The number of ether oxygens (including phenoxy) is 4. The monoisotopic (exact) mass is 662 g/mol. The molecule has 0 aromatic carbocycles. The van der Waals surface area contributed by atoms with Crippen LogP contribution in [0.3, 0.4) is 0 Å². The van der Waals surface area contributed by atoms with Gasteiger partial charge in [0.05, 0.1) is 39.5 Å². The summed E-state index contributed by atoms with van der Waals surface area (Å²) < 4.78 is 23.5. The third-order valence-corrected chi connectivity index (χ3v) is 14.7. The number of aliphatic hydroxyl groups is 2. The SMILES string of the molecule is COC(=O)C(O)(CO)CO[C@H]1[C@H](OC(C)=O)C[C@@]23COC[C@@]1(C)[C@@H]2CC[C@H]1C3=CC[C@@]2(C)[C@H](C(=O)O)[C@@](C)([C@H](C)C(C)C)CC[C@]12C. The lowest BCUT2D eigenvalue weighted by molar-refractivity contribution is -0.274. The molecule has 1 saturated heterocycles. The number of carboxylic acids is 1. The van der Waals surface area contributed by atoms with E-state index >= 15 is 0 Å². The van der Waals surface area contributed by atoms with Crippen molar-refractivity contribution in [1.82, 2.24) is 0 Å². The molecular formula is C37H58O10.